The Hall–Kier alpha value is -3.42. The highest BCUT2D eigenvalue weighted by atomic mass is 19.1. The van der Waals surface area contributed by atoms with Crippen molar-refractivity contribution < 1.29 is 27.8 Å². The molecule has 0 aliphatic heterocycles. The Morgan fingerprint density at radius 3 is 2.52 bits per heavy atom. The van der Waals surface area contributed by atoms with Crippen LogP contribution in [-0.4, -0.2) is 18.1 Å². The summed E-state index contributed by atoms with van der Waals surface area (Å²) >= 11 is 0. The number of rotatable bonds is 3. The van der Waals surface area contributed by atoms with Crippen LogP contribution >= 0.6 is 0 Å². The number of nitrogens with zero attached hydrogens (tertiary/aromatic N) is 1. The van der Waals surface area contributed by atoms with Crippen molar-refractivity contribution in [3.63, 3.8) is 0 Å². The van der Waals surface area contributed by atoms with Gasteiger partial charge in [0.1, 0.15) is 17.0 Å². The lowest BCUT2D eigenvalue weighted by atomic mass is 10.1. The molecule has 0 spiro atoms. The molecule has 0 aliphatic rings. The number of aromatic hydroxyl groups is 1. The van der Waals surface area contributed by atoms with Crippen LogP contribution in [-0.2, 0) is 0 Å². The van der Waals surface area contributed by atoms with Crippen LogP contribution < -0.4 is 16.0 Å². The van der Waals surface area contributed by atoms with Gasteiger partial charge in [-0.2, -0.15) is 0 Å². The Balaban J connectivity index is 2.38. The minimum atomic E-state index is -1.12. The number of phenols is 1. The van der Waals surface area contributed by atoms with Gasteiger partial charge in [-0.25, -0.2) is 13.8 Å². The number of carbonyl (C=O) groups excluding carboxylic acids is 1. The lowest BCUT2D eigenvalue weighted by Crippen LogP contribution is -2.22. The first-order valence-electron chi connectivity index (χ1n) is 7.04. The molecule has 8 heteroatoms. The summed E-state index contributed by atoms with van der Waals surface area (Å²) in [7, 11) is 1.42. The number of fused-ring (bicyclic) bond motifs is 1. The first-order chi connectivity index (χ1) is 11.9. The van der Waals surface area contributed by atoms with Crippen LogP contribution in [0.2, 0.25) is 0 Å². The minimum Gasteiger partial charge on any atom is -0.508 e. The van der Waals surface area contributed by atoms with Gasteiger partial charge >= 0.3 is 0 Å². The molecule has 0 bridgehead atoms. The van der Waals surface area contributed by atoms with E-state index in [1.54, 1.807) is 18.2 Å². The van der Waals surface area contributed by atoms with Crippen LogP contribution in [0.4, 0.5) is 14.5 Å². The van der Waals surface area contributed by atoms with Crippen molar-refractivity contribution in [2.75, 3.05) is 7.11 Å². The molecule has 0 fully saturated rings. The fraction of sp³-hybridized carbons (Fsp3) is 0.0588. The van der Waals surface area contributed by atoms with Crippen LogP contribution in [0, 0.1) is 11.6 Å². The Bertz CT molecular complexity index is 1040. The molecule has 0 aliphatic carbocycles. The molecule has 0 atom stereocenters. The van der Waals surface area contributed by atoms with E-state index in [9.17, 15) is 18.7 Å². The van der Waals surface area contributed by atoms with E-state index in [4.69, 9.17) is 14.9 Å². The molecule has 1 heterocycles. The number of hydrogen-bond donors (Lipinski definition) is 2. The van der Waals surface area contributed by atoms with Gasteiger partial charge in [0.15, 0.2) is 23.0 Å². The number of amides is 1. The zero-order valence-corrected chi connectivity index (χ0v) is 12.9. The van der Waals surface area contributed by atoms with Gasteiger partial charge in [-0.05, 0) is 12.1 Å². The van der Waals surface area contributed by atoms with Crippen molar-refractivity contribution in [1.82, 2.24) is 0 Å². The van der Waals surface area contributed by atoms with Gasteiger partial charge in [-0.15, -0.1) is 0 Å². The van der Waals surface area contributed by atoms with E-state index in [1.165, 1.54) is 13.2 Å². The summed E-state index contributed by atoms with van der Waals surface area (Å²) in [6, 6.07) is 7.71. The number of carbonyl (C=O) groups is 1. The largest absolute Gasteiger partial charge is 0.508 e. The third-order valence-electron chi connectivity index (χ3n) is 3.44. The molecule has 0 saturated carbocycles. The monoisotopic (exact) mass is 346 g/mol. The third-order valence-corrected chi connectivity index (χ3v) is 3.44. The molecule has 6 nitrogen and oxygen atoms in total. The predicted octanol–water partition coefficient (Wildman–Crippen LogP) is 2.76. The number of halogens is 2. The van der Waals surface area contributed by atoms with Crippen molar-refractivity contribution in [3.8, 4) is 11.5 Å². The van der Waals surface area contributed by atoms with Crippen molar-refractivity contribution in [2.24, 2.45) is 10.7 Å². The first-order valence-corrected chi connectivity index (χ1v) is 7.04. The number of nitrogens with two attached hydrogens (primary N) is 1. The number of methoxy groups -OCH3 is 1. The summed E-state index contributed by atoms with van der Waals surface area (Å²) in [5.41, 5.74) is 4.28. The average Bonchev–Trinajstić information content (AvgIpc) is 2.56. The summed E-state index contributed by atoms with van der Waals surface area (Å²) < 4.78 is 38.5. The standard InChI is InChI=1S/C17H12F2N2O4/c1-24-13-4-2-3-8-5-10(16(20)23)17(25-15(8)13)21-14-11(18)6-9(22)7-12(14)19/h2-7,22H,1H3,(H2,20,23). The summed E-state index contributed by atoms with van der Waals surface area (Å²) in [5, 5.41) is 9.70. The van der Waals surface area contributed by atoms with Crippen molar-refractivity contribution >= 4 is 22.6 Å². The van der Waals surface area contributed by atoms with Crippen LogP contribution in [0.15, 0.2) is 45.8 Å². The molecule has 0 saturated heterocycles. The lowest BCUT2D eigenvalue weighted by molar-refractivity contribution is 0.0996. The Kier molecular flexibility index (Phi) is 4.10. The SMILES string of the molecule is COc1cccc2cc(C(N)=O)c(=Nc3c(F)cc(O)cc3F)oc12. The third kappa shape index (κ3) is 3.01. The molecular formula is C17H12F2N2O4. The van der Waals surface area contributed by atoms with E-state index in [-0.39, 0.29) is 16.7 Å². The molecule has 3 N–H and O–H groups in total. The van der Waals surface area contributed by atoms with E-state index in [0.717, 1.165) is 0 Å². The lowest BCUT2D eigenvalue weighted by Gasteiger charge is -2.06. The van der Waals surface area contributed by atoms with E-state index in [0.29, 0.717) is 23.3 Å². The summed E-state index contributed by atoms with van der Waals surface area (Å²) in [4.78, 5) is 15.4. The maximum absolute atomic E-state index is 13.9. The van der Waals surface area contributed by atoms with Crippen LogP contribution in [0.5, 0.6) is 11.5 Å². The second-order valence-corrected chi connectivity index (χ2v) is 5.08. The van der Waals surface area contributed by atoms with Gasteiger partial charge in [0.2, 0.25) is 5.55 Å². The van der Waals surface area contributed by atoms with Gasteiger partial charge in [-0.3, -0.25) is 4.79 Å². The van der Waals surface area contributed by atoms with Crippen molar-refractivity contribution in [2.45, 2.75) is 0 Å². The smallest absolute Gasteiger partial charge is 0.254 e. The zero-order chi connectivity index (χ0) is 18.1. The molecule has 25 heavy (non-hydrogen) atoms. The molecule has 0 unspecified atom stereocenters. The fourth-order valence-corrected chi connectivity index (χ4v) is 2.31. The second-order valence-electron chi connectivity index (χ2n) is 5.08. The topological polar surface area (TPSA) is 98.1 Å². The summed E-state index contributed by atoms with van der Waals surface area (Å²) in [5.74, 6) is -3.38. The quantitative estimate of drug-likeness (QED) is 0.762. The molecule has 1 aromatic heterocycles. The zero-order valence-electron chi connectivity index (χ0n) is 12.9. The Labute approximate surface area is 139 Å². The van der Waals surface area contributed by atoms with Crippen molar-refractivity contribution in [1.29, 1.82) is 0 Å². The molecule has 3 rings (SSSR count). The first kappa shape index (κ1) is 16.4. The van der Waals surface area contributed by atoms with Gasteiger partial charge in [-0.1, -0.05) is 12.1 Å². The highest BCUT2D eigenvalue weighted by Crippen LogP contribution is 2.28. The van der Waals surface area contributed by atoms with E-state index in [1.807, 2.05) is 0 Å². The number of ether oxygens (including phenoxy) is 1. The van der Waals surface area contributed by atoms with Gasteiger partial charge < -0.3 is 20.0 Å². The fourth-order valence-electron chi connectivity index (χ4n) is 2.31. The van der Waals surface area contributed by atoms with Crippen LogP contribution in [0.25, 0.3) is 11.0 Å². The van der Waals surface area contributed by atoms with Crippen molar-refractivity contribution in [3.05, 3.63) is 59.2 Å². The number of benzene rings is 2. The van der Waals surface area contributed by atoms with Gasteiger partial charge in [0, 0.05) is 17.5 Å². The Morgan fingerprint density at radius 1 is 1.24 bits per heavy atom. The molecule has 0 radical (unpaired) electrons. The molecule has 2 aromatic carbocycles. The van der Waals surface area contributed by atoms with E-state index in [2.05, 4.69) is 4.99 Å². The van der Waals surface area contributed by atoms with E-state index >= 15 is 0 Å². The average molecular weight is 346 g/mol. The van der Waals surface area contributed by atoms with Gasteiger partial charge in [0.05, 0.1) is 7.11 Å². The molecule has 128 valence electrons. The number of primary amides is 1. The highest BCUT2D eigenvalue weighted by Gasteiger charge is 2.15. The molecular weight excluding hydrogens is 334 g/mol. The normalized spacial score (nSPS) is 11.7. The number of phenolic OH excluding ortho intramolecular Hbond substituents is 1. The number of para-hydroxylation sites is 1. The summed E-state index contributed by atoms with van der Waals surface area (Å²) in [6.45, 7) is 0. The summed E-state index contributed by atoms with van der Waals surface area (Å²) in [6.07, 6.45) is 0. The maximum Gasteiger partial charge on any atom is 0.254 e. The Morgan fingerprint density at radius 2 is 1.92 bits per heavy atom. The maximum atomic E-state index is 13.9. The van der Waals surface area contributed by atoms with E-state index < -0.39 is 29.0 Å². The molecule has 3 aromatic rings. The van der Waals surface area contributed by atoms with Crippen LogP contribution in [0.1, 0.15) is 10.4 Å². The van der Waals surface area contributed by atoms with Crippen LogP contribution in [0.3, 0.4) is 0 Å². The highest BCUT2D eigenvalue weighted by molar-refractivity contribution is 5.96. The predicted molar refractivity (Wildman–Crippen MR) is 84.5 cm³/mol. The minimum absolute atomic E-state index is 0.160. The number of hydrogen-bond acceptors (Lipinski definition) is 5. The second kappa shape index (κ2) is 6.23. The molecule has 1 amide bonds. The van der Waals surface area contributed by atoms with Gasteiger partial charge in [0.25, 0.3) is 5.91 Å².